The van der Waals surface area contributed by atoms with E-state index in [1.165, 1.54) is 0 Å². The molecule has 1 aromatic rings. The van der Waals surface area contributed by atoms with Gasteiger partial charge in [-0.05, 0) is 24.8 Å². The molecule has 6 heteroatoms. The minimum atomic E-state index is -1.05. The Kier molecular flexibility index (Phi) is 4.59. The molecule has 1 aliphatic rings. The first kappa shape index (κ1) is 15.5. The van der Waals surface area contributed by atoms with Crippen molar-refractivity contribution in [2.45, 2.75) is 31.3 Å². The minimum absolute atomic E-state index is 0.0964. The number of hydrogen-bond acceptors (Lipinski definition) is 4. The maximum atomic E-state index is 11.6. The van der Waals surface area contributed by atoms with Crippen LogP contribution in [0, 0.1) is 5.41 Å². The molecule has 0 bridgehead atoms. The van der Waals surface area contributed by atoms with Crippen LogP contribution in [0.2, 0.25) is 0 Å². The van der Waals surface area contributed by atoms with E-state index in [0.717, 1.165) is 5.56 Å². The fourth-order valence-corrected chi connectivity index (χ4v) is 2.79. The molecule has 1 aliphatic heterocycles. The number of hydrogen-bond donors (Lipinski definition) is 4. The summed E-state index contributed by atoms with van der Waals surface area (Å²) in [6.45, 7) is 0.167. The van der Waals surface area contributed by atoms with Crippen LogP contribution in [0.4, 0.5) is 0 Å². The molecule has 0 aromatic heterocycles. The standard InChI is InChI=1S/C15H20N2O4/c16-11(10-4-2-1-3-5-10)6-7-15(14(20)21)8-12(13(18)19)17-9-15/h1-5,11-12,17H,6-9,16H2,(H,18,19)(H,20,21)/t11?,12-,15-/m1/s1. The van der Waals surface area contributed by atoms with Gasteiger partial charge >= 0.3 is 11.9 Å². The van der Waals surface area contributed by atoms with Gasteiger partial charge in [0.1, 0.15) is 6.04 Å². The second kappa shape index (κ2) is 6.24. The van der Waals surface area contributed by atoms with Gasteiger partial charge in [-0.1, -0.05) is 30.3 Å². The molecule has 1 fully saturated rings. The summed E-state index contributed by atoms with van der Waals surface area (Å²) in [6, 6.07) is 8.45. The van der Waals surface area contributed by atoms with Crippen LogP contribution in [-0.2, 0) is 9.59 Å². The largest absolute Gasteiger partial charge is 0.481 e. The van der Waals surface area contributed by atoms with Crippen molar-refractivity contribution < 1.29 is 19.8 Å². The van der Waals surface area contributed by atoms with Crippen molar-refractivity contribution in [1.82, 2.24) is 5.32 Å². The number of carboxylic acids is 2. The molecule has 1 saturated heterocycles. The smallest absolute Gasteiger partial charge is 0.320 e. The quantitative estimate of drug-likeness (QED) is 0.622. The average molecular weight is 292 g/mol. The molecule has 2 rings (SSSR count). The Morgan fingerprint density at radius 1 is 1.33 bits per heavy atom. The zero-order valence-corrected chi connectivity index (χ0v) is 11.7. The van der Waals surface area contributed by atoms with Gasteiger partial charge in [-0.3, -0.25) is 9.59 Å². The summed E-state index contributed by atoms with van der Waals surface area (Å²) in [5.74, 6) is -1.97. The van der Waals surface area contributed by atoms with Crippen LogP contribution in [0.15, 0.2) is 30.3 Å². The Hall–Kier alpha value is -1.92. The summed E-state index contributed by atoms with van der Waals surface area (Å²) in [5.41, 5.74) is 6.01. The lowest BCUT2D eigenvalue weighted by molar-refractivity contribution is -0.148. The SMILES string of the molecule is NC(CC[C@]1(C(=O)O)CN[C@@H](C(=O)O)C1)c1ccccc1. The van der Waals surface area contributed by atoms with Gasteiger partial charge in [0.2, 0.25) is 0 Å². The van der Waals surface area contributed by atoms with Crippen LogP contribution in [0.3, 0.4) is 0 Å². The number of aliphatic carboxylic acids is 2. The Balaban J connectivity index is 2.02. The molecule has 0 aliphatic carbocycles. The molecule has 1 unspecified atom stereocenters. The van der Waals surface area contributed by atoms with Crippen LogP contribution in [-0.4, -0.2) is 34.7 Å². The molecular formula is C15H20N2O4. The van der Waals surface area contributed by atoms with E-state index in [1.807, 2.05) is 30.3 Å². The first-order chi connectivity index (χ1) is 9.94. The Morgan fingerprint density at radius 3 is 2.52 bits per heavy atom. The number of carboxylic acid groups (broad SMARTS) is 2. The molecule has 6 nitrogen and oxygen atoms in total. The summed E-state index contributed by atoms with van der Waals surface area (Å²) in [4.78, 5) is 22.6. The lowest BCUT2D eigenvalue weighted by Gasteiger charge is -2.25. The van der Waals surface area contributed by atoms with Crippen LogP contribution < -0.4 is 11.1 Å². The zero-order chi connectivity index (χ0) is 15.5. The van der Waals surface area contributed by atoms with E-state index < -0.39 is 23.4 Å². The molecule has 3 atom stereocenters. The van der Waals surface area contributed by atoms with Crippen molar-refractivity contribution in [3.05, 3.63) is 35.9 Å². The molecule has 0 amide bonds. The lowest BCUT2D eigenvalue weighted by atomic mass is 9.79. The highest BCUT2D eigenvalue weighted by atomic mass is 16.4. The minimum Gasteiger partial charge on any atom is -0.481 e. The van der Waals surface area contributed by atoms with Crippen LogP contribution >= 0.6 is 0 Å². The highest BCUT2D eigenvalue weighted by molar-refractivity contribution is 5.80. The molecule has 21 heavy (non-hydrogen) atoms. The summed E-state index contributed by atoms with van der Waals surface area (Å²) in [7, 11) is 0. The average Bonchev–Trinajstić information content (AvgIpc) is 2.92. The normalized spacial score (nSPS) is 26.4. The topological polar surface area (TPSA) is 113 Å². The van der Waals surface area contributed by atoms with E-state index in [9.17, 15) is 14.7 Å². The third-order valence-corrected chi connectivity index (χ3v) is 4.20. The van der Waals surface area contributed by atoms with Gasteiger partial charge in [-0.2, -0.15) is 0 Å². The van der Waals surface area contributed by atoms with Crippen molar-refractivity contribution in [3.8, 4) is 0 Å². The monoisotopic (exact) mass is 292 g/mol. The lowest BCUT2D eigenvalue weighted by Crippen LogP contribution is -2.34. The third-order valence-electron chi connectivity index (χ3n) is 4.20. The second-order valence-electron chi connectivity index (χ2n) is 5.62. The van der Waals surface area contributed by atoms with Crippen molar-refractivity contribution in [2.24, 2.45) is 11.1 Å². The van der Waals surface area contributed by atoms with Gasteiger partial charge in [-0.15, -0.1) is 0 Å². The van der Waals surface area contributed by atoms with Gasteiger partial charge in [0.15, 0.2) is 0 Å². The predicted octanol–water partition coefficient (Wildman–Crippen LogP) is 0.984. The van der Waals surface area contributed by atoms with E-state index in [0.29, 0.717) is 12.8 Å². The number of carbonyl (C=O) groups is 2. The van der Waals surface area contributed by atoms with Crippen molar-refractivity contribution in [1.29, 1.82) is 0 Å². The summed E-state index contributed by atoms with van der Waals surface area (Å²) >= 11 is 0. The number of rotatable bonds is 6. The summed E-state index contributed by atoms with van der Waals surface area (Å²) in [6.07, 6.45) is 0.957. The molecule has 0 spiro atoms. The second-order valence-corrected chi connectivity index (χ2v) is 5.62. The molecule has 1 aromatic carbocycles. The molecule has 0 saturated carbocycles. The van der Waals surface area contributed by atoms with E-state index in [-0.39, 0.29) is 19.0 Å². The number of nitrogens with two attached hydrogens (primary N) is 1. The van der Waals surface area contributed by atoms with Crippen LogP contribution in [0.5, 0.6) is 0 Å². The third kappa shape index (κ3) is 3.40. The molecule has 0 radical (unpaired) electrons. The fourth-order valence-electron chi connectivity index (χ4n) is 2.79. The summed E-state index contributed by atoms with van der Waals surface area (Å²) in [5, 5.41) is 21.2. The van der Waals surface area contributed by atoms with Crippen LogP contribution in [0.1, 0.15) is 30.9 Å². The van der Waals surface area contributed by atoms with Gasteiger partial charge in [0, 0.05) is 12.6 Å². The molecule has 5 N–H and O–H groups in total. The highest BCUT2D eigenvalue weighted by Crippen LogP contribution is 2.36. The molecule has 114 valence electrons. The summed E-state index contributed by atoms with van der Waals surface area (Å²) < 4.78 is 0. The predicted molar refractivity (Wildman–Crippen MR) is 76.7 cm³/mol. The van der Waals surface area contributed by atoms with Crippen molar-refractivity contribution in [3.63, 3.8) is 0 Å². The Bertz CT molecular complexity index is 520. The van der Waals surface area contributed by atoms with E-state index >= 15 is 0 Å². The maximum absolute atomic E-state index is 11.6. The van der Waals surface area contributed by atoms with Crippen molar-refractivity contribution >= 4 is 11.9 Å². The maximum Gasteiger partial charge on any atom is 0.320 e. The zero-order valence-electron chi connectivity index (χ0n) is 11.7. The Morgan fingerprint density at radius 2 is 2.00 bits per heavy atom. The van der Waals surface area contributed by atoms with Gasteiger partial charge in [0.25, 0.3) is 0 Å². The van der Waals surface area contributed by atoms with Crippen molar-refractivity contribution in [2.75, 3.05) is 6.54 Å². The molecular weight excluding hydrogens is 272 g/mol. The molecule has 1 heterocycles. The van der Waals surface area contributed by atoms with E-state index in [4.69, 9.17) is 10.8 Å². The number of benzene rings is 1. The van der Waals surface area contributed by atoms with E-state index in [2.05, 4.69) is 5.32 Å². The number of nitrogens with one attached hydrogen (secondary N) is 1. The fraction of sp³-hybridized carbons (Fsp3) is 0.467. The first-order valence-corrected chi connectivity index (χ1v) is 6.95. The van der Waals surface area contributed by atoms with Gasteiger partial charge < -0.3 is 21.3 Å². The highest BCUT2D eigenvalue weighted by Gasteiger charge is 2.47. The van der Waals surface area contributed by atoms with Gasteiger partial charge in [-0.25, -0.2) is 0 Å². The Labute approximate surface area is 123 Å². The first-order valence-electron chi connectivity index (χ1n) is 6.95. The van der Waals surface area contributed by atoms with Crippen LogP contribution in [0.25, 0.3) is 0 Å². The van der Waals surface area contributed by atoms with Gasteiger partial charge in [0.05, 0.1) is 5.41 Å². The van der Waals surface area contributed by atoms with E-state index in [1.54, 1.807) is 0 Å².